The normalized spacial score (nSPS) is 27.1. The second kappa shape index (κ2) is 3.48. The van der Waals surface area contributed by atoms with Gasteiger partial charge < -0.3 is 0 Å². The van der Waals surface area contributed by atoms with Gasteiger partial charge in [-0.1, -0.05) is 46.3 Å². The van der Waals surface area contributed by atoms with Gasteiger partial charge in [0.25, 0.3) is 0 Å². The maximum atomic E-state index is 2.55. The van der Waals surface area contributed by atoms with E-state index in [1.807, 2.05) is 0 Å². The van der Waals surface area contributed by atoms with Crippen molar-refractivity contribution in [3.05, 3.63) is 11.6 Å². The summed E-state index contributed by atoms with van der Waals surface area (Å²) >= 11 is 0. The van der Waals surface area contributed by atoms with Crippen LogP contribution in [0.5, 0.6) is 0 Å². The Morgan fingerprint density at radius 3 is 1.85 bits per heavy atom. The molecule has 1 atom stereocenters. The van der Waals surface area contributed by atoms with Crippen LogP contribution in [0.25, 0.3) is 0 Å². The zero-order chi connectivity index (χ0) is 10.2. The van der Waals surface area contributed by atoms with Crippen LogP contribution >= 0.6 is 0 Å². The van der Waals surface area contributed by atoms with Gasteiger partial charge >= 0.3 is 0 Å². The molecule has 0 amide bonds. The molecule has 1 rings (SSSR count). The van der Waals surface area contributed by atoms with Crippen LogP contribution in [-0.2, 0) is 0 Å². The molecule has 0 aromatic heterocycles. The van der Waals surface area contributed by atoms with E-state index in [4.69, 9.17) is 0 Å². The highest BCUT2D eigenvalue weighted by Crippen LogP contribution is 2.49. The first kappa shape index (κ1) is 10.8. The Morgan fingerprint density at radius 2 is 1.69 bits per heavy atom. The minimum Gasteiger partial charge on any atom is -0.0786 e. The molecule has 1 aliphatic carbocycles. The highest BCUT2D eigenvalue weighted by atomic mass is 14.4. The van der Waals surface area contributed by atoms with E-state index in [1.54, 1.807) is 5.57 Å². The van der Waals surface area contributed by atoms with Crippen molar-refractivity contribution in [2.45, 2.75) is 48.0 Å². The maximum absolute atomic E-state index is 2.55. The molecule has 13 heavy (non-hydrogen) atoms. The standard InChI is InChI=1S/C13H24/c1-9(2)13(10(3)4)7-11(5)12(6)8-13/h7,9-10,12H,8H2,1-6H3. The molecule has 1 unspecified atom stereocenters. The number of hydrogen-bond donors (Lipinski definition) is 0. The smallest absolute Gasteiger partial charge is 0.00640 e. The fraction of sp³-hybridized carbons (Fsp3) is 0.846. The van der Waals surface area contributed by atoms with E-state index in [9.17, 15) is 0 Å². The van der Waals surface area contributed by atoms with Crippen molar-refractivity contribution in [2.75, 3.05) is 0 Å². The first-order valence-electron chi connectivity index (χ1n) is 5.59. The molecule has 0 bridgehead atoms. The fourth-order valence-corrected chi connectivity index (χ4v) is 2.79. The summed E-state index contributed by atoms with van der Waals surface area (Å²) in [7, 11) is 0. The first-order chi connectivity index (χ1) is 5.90. The molecule has 0 fully saturated rings. The Morgan fingerprint density at radius 1 is 1.23 bits per heavy atom. The summed E-state index contributed by atoms with van der Waals surface area (Å²) in [5.41, 5.74) is 2.08. The summed E-state index contributed by atoms with van der Waals surface area (Å²) < 4.78 is 0. The summed E-state index contributed by atoms with van der Waals surface area (Å²) in [6.07, 6.45) is 3.90. The van der Waals surface area contributed by atoms with Gasteiger partial charge in [-0.3, -0.25) is 0 Å². The quantitative estimate of drug-likeness (QED) is 0.557. The van der Waals surface area contributed by atoms with Crippen molar-refractivity contribution in [2.24, 2.45) is 23.2 Å². The highest BCUT2D eigenvalue weighted by Gasteiger charge is 2.40. The molecule has 0 heteroatoms. The molecule has 0 heterocycles. The Labute approximate surface area is 83.4 Å². The summed E-state index contributed by atoms with van der Waals surface area (Å²) in [6.45, 7) is 14.1. The van der Waals surface area contributed by atoms with Gasteiger partial charge in [0.05, 0.1) is 0 Å². The lowest BCUT2D eigenvalue weighted by molar-refractivity contribution is 0.164. The van der Waals surface area contributed by atoms with Crippen molar-refractivity contribution in [1.82, 2.24) is 0 Å². The third-order valence-corrected chi connectivity index (χ3v) is 4.08. The highest BCUT2D eigenvalue weighted by molar-refractivity contribution is 5.20. The number of allylic oxidation sites excluding steroid dienone is 2. The molecule has 76 valence electrons. The molecule has 0 N–H and O–H groups in total. The average molecular weight is 180 g/mol. The zero-order valence-corrected chi connectivity index (χ0v) is 10.0. The minimum absolute atomic E-state index is 0.476. The number of rotatable bonds is 2. The van der Waals surface area contributed by atoms with E-state index in [-0.39, 0.29) is 0 Å². The Kier molecular flexibility index (Phi) is 2.89. The summed E-state index contributed by atoms with van der Waals surface area (Å²) in [5.74, 6) is 2.34. The van der Waals surface area contributed by atoms with Gasteiger partial charge in [-0.05, 0) is 36.5 Å². The molecular formula is C13H24. The molecule has 0 aromatic rings. The molecule has 0 aliphatic heterocycles. The lowest BCUT2D eigenvalue weighted by Gasteiger charge is -2.37. The van der Waals surface area contributed by atoms with Crippen LogP contribution in [0.3, 0.4) is 0 Å². The second-order valence-corrected chi connectivity index (χ2v) is 5.42. The van der Waals surface area contributed by atoms with Gasteiger partial charge in [0.1, 0.15) is 0 Å². The zero-order valence-electron chi connectivity index (χ0n) is 10.0. The predicted molar refractivity (Wildman–Crippen MR) is 59.6 cm³/mol. The van der Waals surface area contributed by atoms with Crippen LogP contribution in [0.15, 0.2) is 11.6 Å². The molecule has 0 spiro atoms. The lowest BCUT2D eigenvalue weighted by Crippen LogP contribution is -2.29. The molecular weight excluding hydrogens is 156 g/mol. The van der Waals surface area contributed by atoms with E-state index in [0.717, 1.165) is 17.8 Å². The maximum Gasteiger partial charge on any atom is -0.00640 e. The largest absolute Gasteiger partial charge is 0.0786 e. The number of hydrogen-bond acceptors (Lipinski definition) is 0. The SMILES string of the molecule is CC1=CC(C(C)C)(C(C)C)CC1C. The van der Waals surface area contributed by atoms with E-state index in [2.05, 4.69) is 47.6 Å². The minimum atomic E-state index is 0.476. The van der Waals surface area contributed by atoms with Gasteiger partial charge in [-0.25, -0.2) is 0 Å². The Hall–Kier alpha value is -0.260. The van der Waals surface area contributed by atoms with Crippen LogP contribution < -0.4 is 0 Å². The van der Waals surface area contributed by atoms with E-state index < -0.39 is 0 Å². The molecule has 0 saturated carbocycles. The van der Waals surface area contributed by atoms with Crippen molar-refractivity contribution < 1.29 is 0 Å². The van der Waals surface area contributed by atoms with Gasteiger partial charge in [0.2, 0.25) is 0 Å². The van der Waals surface area contributed by atoms with Crippen molar-refractivity contribution in [3.8, 4) is 0 Å². The van der Waals surface area contributed by atoms with Crippen LogP contribution in [0.1, 0.15) is 48.0 Å². The van der Waals surface area contributed by atoms with Gasteiger partial charge in [0.15, 0.2) is 0 Å². The summed E-state index contributed by atoms with van der Waals surface area (Å²) in [6, 6.07) is 0. The third kappa shape index (κ3) is 1.68. The van der Waals surface area contributed by atoms with Crippen LogP contribution in [-0.4, -0.2) is 0 Å². The predicted octanol–water partition coefficient (Wildman–Crippen LogP) is 4.27. The summed E-state index contributed by atoms with van der Waals surface area (Å²) in [5, 5.41) is 0. The van der Waals surface area contributed by atoms with Gasteiger partial charge in [-0.15, -0.1) is 0 Å². The lowest BCUT2D eigenvalue weighted by atomic mass is 9.68. The Balaban J connectivity index is 2.97. The molecule has 0 aromatic carbocycles. The summed E-state index contributed by atoms with van der Waals surface area (Å²) in [4.78, 5) is 0. The van der Waals surface area contributed by atoms with E-state index >= 15 is 0 Å². The molecule has 1 aliphatic rings. The average Bonchev–Trinajstić information content (AvgIpc) is 2.29. The van der Waals surface area contributed by atoms with E-state index in [0.29, 0.717) is 5.41 Å². The first-order valence-corrected chi connectivity index (χ1v) is 5.59. The van der Waals surface area contributed by atoms with Crippen molar-refractivity contribution >= 4 is 0 Å². The van der Waals surface area contributed by atoms with Crippen molar-refractivity contribution in [1.29, 1.82) is 0 Å². The van der Waals surface area contributed by atoms with Gasteiger partial charge in [-0.2, -0.15) is 0 Å². The van der Waals surface area contributed by atoms with Gasteiger partial charge in [0, 0.05) is 0 Å². The van der Waals surface area contributed by atoms with Crippen LogP contribution in [0.2, 0.25) is 0 Å². The Bertz CT molecular complexity index is 200. The van der Waals surface area contributed by atoms with Crippen LogP contribution in [0, 0.1) is 23.2 Å². The van der Waals surface area contributed by atoms with Crippen molar-refractivity contribution in [3.63, 3.8) is 0 Å². The van der Waals surface area contributed by atoms with E-state index in [1.165, 1.54) is 6.42 Å². The van der Waals surface area contributed by atoms with Crippen LogP contribution in [0.4, 0.5) is 0 Å². The molecule has 0 saturated heterocycles. The second-order valence-electron chi connectivity index (χ2n) is 5.42. The topological polar surface area (TPSA) is 0 Å². The fourth-order valence-electron chi connectivity index (χ4n) is 2.79. The molecule has 0 nitrogen and oxygen atoms in total. The molecule has 0 radical (unpaired) electrons. The monoisotopic (exact) mass is 180 g/mol. The third-order valence-electron chi connectivity index (χ3n) is 4.08.